The van der Waals surface area contributed by atoms with Crippen molar-refractivity contribution < 1.29 is 4.52 Å². The molecule has 2 atom stereocenters. The Balaban J connectivity index is 1.82. The Labute approximate surface area is 108 Å². The lowest BCUT2D eigenvalue weighted by Gasteiger charge is -2.64. The van der Waals surface area contributed by atoms with Gasteiger partial charge in [0.1, 0.15) is 0 Å². The van der Waals surface area contributed by atoms with Gasteiger partial charge in [0.15, 0.2) is 0 Å². The van der Waals surface area contributed by atoms with Gasteiger partial charge in [-0.1, -0.05) is 19.0 Å². The fraction of sp³-hybridized carbons (Fsp3) is 0.800. The molecule has 3 nitrogen and oxygen atoms in total. The molecule has 0 aromatic carbocycles. The first kappa shape index (κ1) is 10.9. The van der Waals surface area contributed by atoms with Crippen molar-refractivity contribution in [1.29, 1.82) is 0 Å². The smallest absolute Gasteiger partial charge is 0.222 e. The highest BCUT2D eigenvalue weighted by Crippen LogP contribution is 2.69. The third-order valence-electron chi connectivity index (χ3n) is 5.70. The van der Waals surface area contributed by atoms with Crippen molar-refractivity contribution >= 4 is 5.88 Å². The zero-order valence-electron chi connectivity index (χ0n) is 11.3. The zero-order chi connectivity index (χ0) is 12.6. The van der Waals surface area contributed by atoms with Crippen LogP contribution in [-0.4, -0.2) is 5.16 Å². The predicted octanol–water partition coefficient (Wildman–Crippen LogP) is 3.50. The van der Waals surface area contributed by atoms with Crippen molar-refractivity contribution in [3.63, 3.8) is 0 Å². The summed E-state index contributed by atoms with van der Waals surface area (Å²) in [6.45, 7) is 4.96. The lowest BCUT2D eigenvalue weighted by molar-refractivity contribution is -0.111. The van der Waals surface area contributed by atoms with Gasteiger partial charge in [0.05, 0.1) is 5.69 Å². The third-order valence-corrected chi connectivity index (χ3v) is 5.70. The minimum atomic E-state index is 0.254. The van der Waals surface area contributed by atoms with Crippen LogP contribution in [0.5, 0.6) is 0 Å². The number of aromatic nitrogens is 1. The van der Waals surface area contributed by atoms with E-state index in [-0.39, 0.29) is 5.41 Å². The summed E-state index contributed by atoms with van der Waals surface area (Å²) in [5.74, 6) is 1.35. The summed E-state index contributed by atoms with van der Waals surface area (Å²) in [6.07, 6.45) is 8.07. The van der Waals surface area contributed by atoms with Crippen molar-refractivity contribution in [3.8, 4) is 0 Å². The molecule has 4 aliphatic rings. The van der Waals surface area contributed by atoms with E-state index in [1.807, 2.05) is 6.07 Å². The summed E-state index contributed by atoms with van der Waals surface area (Å²) >= 11 is 0. The molecule has 0 radical (unpaired) electrons. The van der Waals surface area contributed by atoms with Gasteiger partial charge in [-0.15, -0.1) is 0 Å². The molecule has 1 heterocycles. The Bertz CT molecular complexity index is 488. The van der Waals surface area contributed by atoms with E-state index in [4.69, 9.17) is 10.3 Å². The first-order valence-electron chi connectivity index (χ1n) is 7.13. The SMILES string of the molecule is CC12CC3CC(C)(C1)CC(c1cc(N)on1)(C3)C2. The van der Waals surface area contributed by atoms with E-state index in [2.05, 4.69) is 19.0 Å². The van der Waals surface area contributed by atoms with Crippen LogP contribution in [0.1, 0.15) is 58.1 Å². The number of nitrogens with two attached hydrogens (primary N) is 1. The Hall–Kier alpha value is -0.990. The maximum atomic E-state index is 5.73. The largest absolute Gasteiger partial charge is 0.368 e. The summed E-state index contributed by atoms with van der Waals surface area (Å²) in [7, 11) is 0. The van der Waals surface area contributed by atoms with Crippen LogP contribution in [0, 0.1) is 16.7 Å². The lowest BCUT2D eigenvalue weighted by Crippen LogP contribution is -2.56. The monoisotopic (exact) mass is 246 g/mol. The van der Waals surface area contributed by atoms with Crippen LogP contribution in [0.25, 0.3) is 0 Å². The van der Waals surface area contributed by atoms with Crippen LogP contribution in [0.15, 0.2) is 10.6 Å². The summed E-state index contributed by atoms with van der Waals surface area (Å²) in [6, 6.07) is 1.97. The molecule has 5 rings (SSSR count). The Morgan fingerprint density at radius 3 is 2.33 bits per heavy atom. The van der Waals surface area contributed by atoms with Crippen molar-refractivity contribution in [2.75, 3.05) is 5.73 Å². The van der Waals surface area contributed by atoms with Crippen LogP contribution in [0.3, 0.4) is 0 Å². The van der Waals surface area contributed by atoms with E-state index < -0.39 is 0 Å². The minimum absolute atomic E-state index is 0.254. The van der Waals surface area contributed by atoms with Gasteiger partial charge < -0.3 is 10.3 Å². The average Bonchev–Trinajstić information content (AvgIpc) is 2.59. The normalized spacial score (nSPS) is 49.8. The fourth-order valence-electron chi connectivity index (χ4n) is 6.27. The van der Waals surface area contributed by atoms with Crippen LogP contribution in [0.4, 0.5) is 5.88 Å². The summed E-state index contributed by atoms with van der Waals surface area (Å²) < 4.78 is 5.15. The number of nitrogen functional groups attached to an aromatic ring is 1. The fourth-order valence-corrected chi connectivity index (χ4v) is 6.27. The second-order valence-electron chi connectivity index (χ2n) is 8.02. The summed E-state index contributed by atoms with van der Waals surface area (Å²) in [4.78, 5) is 0. The van der Waals surface area contributed by atoms with Gasteiger partial charge >= 0.3 is 0 Å². The minimum Gasteiger partial charge on any atom is -0.368 e. The molecule has 3 heteroatoms. The quantitative estimate of drug-likeness (QED) is 0.825. The van der Waals surface area contributed by atoms with Gasteiger partial charge in [-0.25, -0.2) is 0 Å². The molecule has 4 saturated carbocycles. The molecule has 0 amide bonds. The molecule has 98 valence electrons. The highest BCUT2D eigenvalue weighted by Gasteiger charge is 2.61. The average molecular weight is 246 g/mol. The van der Waals surface area contributed by atoms with Crippen LogP contribution in [0.2, 0.25) is 0 Å². The highest BCUT2D eigenvalue weighted by molar-refractivity contribution is 5.33. The molecule has 18 heavy (non-hydrogen) atoms. The molecular formula is C15H22N2O. The second-order valence-corrected chi connectivity index (χ2v) is 8.02. The van der Waals surface area contributed by atoms with Gasteiger partial charge in [0.2, 0.25) is 5.88 Å². The number of hydrogen-bond donors (Lipinski definition) is 1. The van der Waals surface area contributed by atoms with Crippen molar-refractivity contribution in [2.45, 2.75) is 57.8 Å². The first-order valence-corrected chi connectivity index (χ1v) is 7.13. The number of hydrogen-bond acceptors (Lipinski definition) is 3. The van der Waals surface area contributed by atoms with Gasteiger partial charge in [-0.2, -0.15) is 0 Å². The summed E-state index contributed by atoms with van der Waals surface area (Å²) in [5, 5.41) is 4.27. The maximum absolute atomic E-state index is 5.73. The molecule has 4 aliphatic carbocycles. The van der Waals surface area contributed by atoms with E-state index in [1.165, 1.54) is 38.5 Å². The molecule has 1 aromatic rings. The van der Waals surface area contributed by atoms with Crippen molar-refractivity contribution in [1.82, 2.24) is 5.16 Å². The Kier molecular flexibility index (Phi) is 1.78. The molecule has 2 unspecified atom stereocenters. The molecule has 0 spiro atoms. The molecule has 1 aromatic heterocycles. The lowest BCUT2D eigenvalue weighted by atomic mass is 9.40. The standard InChI is InChI=1S/C15H22N2O/c1-13-4-10-5-14(2,7-13)9-15(6-10,8-13)11-3-12(16)18-17-11/h3,10H,4-9,16H2,1-2H3. The van der Waals surface area contributed by atoms with Gasteiger partial charge in [-0.3, -0.25) is 0 Å². The number of rotatable bonds is 1. The second kappa shape index (κ2) is 2.94. The third kappa shape index (κ3) is 1.33. The van der Waals surface area contributed by atoms with Crippen LogP contribution < -0.4 is 5.73 Å². The zero-order valence-corrected chi connectivity index (χ0v) is 11.3. The van der Waals surface area contributed by atoms with Gasteiger partial charge in [0, 0.05) is 11.5 Å². The van der Waals surface area contributed by atoms with E-state index >= 15 is 0 Å². The molecular weight excluding hydrogens is 224 g/mol. The number of nitrogens with zero attached hydrogens (tertiary/aromatic N) is 1. The summed E-state index contributed by atoms with van der Waals surface area (Å²) in [5.41, 5.74) is 8.15. The molecule has 4 bridgehead atoms. The first-order chi connectivity index (χ1) is 8.41. The van der Waals surface area contributed by atoms with Crippen molar-refractivity contribution in [3.05, 3.63) is 11.8 Å². The Morgan fingerprint density at radius 2 is 1.83 bits per heavy atom. The van der Waals surface area contributed by atoms with Crippen molar-refractivity contribution in [2.24, 2.45) is 16.7 Å². The topological polar surface area (TPSA) is 52.0 Å². The molecule has 0 saturated heterocycles. The predicted molar refractivity (Wildman–Crippen MR) is 70.0 cm³/mol. The van der Waals surface area contributed by atoms with Crippen LogP contribution in [-0.2, 0) is 5.41 Å². The maximum Gasteiger partial charge on any atom is 0.222 e. The Morgan fingerprint density at radius 1 is 1.17 bits per heavy atom. The molecule has 0 aliphatic heterocycles. The van der Waals surface area contributed by atoms with E-state index in [0.29, 0.717) is 16.7 Å². The molecule has 4 fully saturated rings. The van der Waals surface area contributed by atoms with E-state index in [1.54, 1.807) is 0 Å². The number of anilines is 1. The highest BCUT2D eigenvalue weighted by atomic mass is 16.5. The van der Waals surface area contributed by atoms with Gasteiger partial charge in [-0.05, 0) is 55.3 Å². The van der Waals surface area contributed by atoms with E-state index in [9.17, 15) is 0 Å². The molecule has 2 N–H and O–H groups in total. The van der Waals surface area contributed by atoms with E-state index in [0.717, 1.165) is 11.6 Å². The van der Waals surface area contributed by atoms with Crippen LogP contribution >= 0.6 is 0 Å². The van der Waals surface area contributed by atoms with Gasteiger partial charge in [0.25, 0.3) is 0 Å².